The molecule has 2 heterocycles. The molecular formula is C13H11ClFN3O2. The second-order valence-electron chi connectivity index (χ2n) is 4.63. The van der Waals surface area contributed by atoms with E-state index in [2.05, 4.69) is 10.2 Å². The minimum Gasteiger partial charge on any atom is -0.403 e. The van der Waals surface area contributed by atoms with E-state index in [9.17, 15) is 9.18 Å². The van der Waals surface area contributed by atoms with Crippen LogP contribution in [0.25, 0.3) is 11.5 Å². The Morgan fingerprint density at radius 3 is 2.75 bits per heavy atom. The van der Waals surface area contributed by atoms with Crippen molar-refractivity contribution >= 4 is 23.5 Å². The third kappa shape index (κ3) is 2.38. The molecule has 1 fully saturated rings. The number of anilines is 1. The van der Waals surface area contributed by atoms with E-state index in [1.807, 2.05) is 0 Å². The first-order chi connectivity index (χ1) is 9.67. The minimum atomic E-state index is -0.340. The molecular weight excluding hydrogens is 285 g/mol. The molecule has 0 spiro atoms. The Kier molecular flexibility index (Phi) is 3.40. The molecule has 1 aliphatic heterocycles. The van der Waals surface area contributed by atoms with Gasteiger partial charge < -0.3 is 4.42 Å². The fourth-order valence-corrected chi connectivity index (χ4v) is 2.31. The van der Waals surface area contributed by atoms with Crippen LogP contribution in [0.2, 0.25) is 0 Å². The van der Waals surface area contributed by atoms with Gasteiger partial charge in [-0.15, -0.1) is 16.7 Å². The summed E-state index contributed by atoms with van der Waals surface area (Å²) in [7, 11) is 0. The monoisotopic (exact) mass is 295 g/mol. The van der Waals surface area contributed by atoms with Gasteiger partial charge >= 0.3 is 6.01 Å². The predicted octanol–water partition coefficient (Wildman–Crippen LogP) is 2.47. The molecule has 0 radical (unpaired) electrons. The molecule has 1 aliphatic rings. The van der Waals surface area contributed by atoms with Gasteiger partial charge in [-0.2, -0.15) is 0 Å². The normalized spacial score (nSPS) is 18.8. The van der Waals surface area contributed by atoms with Gasteiger partial charge in [-0.1, -0.05) is 5.10 Å². The fraction of sp³-hybridized carbons (Fsp3) is 0.308. The smallest absolute Gasteiger partial charge is 0.325 e. The second-order valence-corrected chi connectivity index (χ2v) is 4.93. The second kappa shape index (κ2) is 5.20. The van der Waals surface area contributed by atoms with Crippen molar-refractivity contribution in [2.45, 2.75) is 6.42 Å². The SMILES string of the molecule is O=C1CC(CCl)CN1c1nnc(-c2ccc(F)cc2)o1. The summed E-state index contributed by atoms with van der Waals surface area (Å²) in [6.07, 6.45) is 0.387. The van der Waals surface area contributed by atoms with Crippen molar-refractivity contribution in [3.05, 3.63) is 30.1 Å². The van der Waals surface area contributed by atoms with Crippen LogP contribution < -0.4 is 4.90 Å². The molecule has 20 heavy (non-hydrogen) atoms. The Bertz CT molecular complexity index is 629. The standard InChI is InChI=1S/C13H11ClFN3O2/c14-6-8-5-11(19)18(7-8)13-17-16-12(20-13)9-1-3-10(15)4-2-9/h1-4,8H,5-7H2. The maximum atomic E-state index is 12.9. The van der Waals surface area contributed by atoms with Crippen LogP contribution in [-0.4, -0.2) is 28.5 Å². The Balaban J connectivity index is 1.83. The molecule has 3 rings (SSSR count). The molecule has 1 atom stereocenters. The van der Waals surface area contributed by atoms with Crippen LogP contribution in [0.3, 0.4) is 0 Å². The van der Waals surface area contributed by atoms with Crippen LogP contribution in [-0.2, 0) is 4.79 Å². The van der Waals surface area contributed by atoms with Crippen molar-refractivity contribution in [1.82, 2.24) is 10.2 Å². The summed E-state index contributed by atoms with van der Waals surface area (Å²) in [6, 6.07) is 5.86. The van der Waals surface area contributed by atoms with E-state index in [0.717, 1.165) is 0 Å². The molecule has 1 aromatic heterocycles. The summed E-state index contributed by atoms with van der Waals surface area (Å²) in [5.41, 5.74) is 0.602. The Labute approximate surface area is 119 Å². The van der Waals surface area contributed by atoms with Gasteiger partial charge in [0.1, 0.15) is 5.82 Å². The number of amides is 1. The zero-order chi connectivity index (χ0) is 14.1. The third-order valence-corrected chi connectivity index (χ3v) is 3.60. The van der Waals surface area contributed by atoms with Gasteiger partial charge in [-0.25, -0.2) is 4.39 Å². The number of carbonyl (C=O) groups is 1. The molecule has 0 N–H and O–H groups in total. The molecule has 2 aromatic rings. The first kappa shape index (κ1) is 13.1. The minimum absolute atomic E-state index is 0.0787. The molecule has 0 bridgehead atoms. The molecule has 0 aliphatic carbocycles. The number of hydrogen-bond donors (Lipinski definition) is 0. The molecule has 1 unspecified atom stereocenters. The number of aromatic nitrogens is 2. The highest BCUT2D eigenvalue weighted by atomic mass is 35.5. The van der Waals surface area contributed by atoms with Crippen molar-refractivity contribution in [3.63, 3.8) is 0 Å². The van der Waals surface area contributed by atoms with Gasteiger partial charge in [-0.05, 0) is 30.2 Å². The summed E-state index contributed by atoms with van der Waals surface area (Å²) in [5, 5.41) is 7.75. The topological polar surface area (TPSA) is 59.2 Å². The van der Waals surface area contributed by atoms with E-state index in [0.29, 0.717) is 24.4 Å². The van der Waals surface area contributed by atoms with Crippen molar-refractivity contribution in [2.24, 2.45) is 5.92 Å². The molecule has 0 saturated carbocycles. The Morgan fingerprint density at radius 1 is 1.35 bits per heavy atom. The summed E-state index contributed by atoms with van der Waals surface area (Å²) in [4.78, 5) is 13.3. The number of nitrogens with zero attached hydrogens (tertiary/aromatic N) is 3. The Hall–Kier alpha value is -1.95. The number of carbonyl (C=O) groups excluding carboxylic acids is 1. The highest BCUT2D eigenvalue weighted by Gasteiger charge is 2.33. The number of alkyl halides is 1. The van der Waals surface area contributed by atoms with E-state index < -0.39 is 0 Å². The Morgan fingerprint density at radius 2 is 2.10 bits per heavy atom. The van der Waals surface area contributed by atoms with Crippen LogP contribution in [0.5, 0.6) is 0 Å². The summed E-state index contributed by atoms with van der Waals surface area (Å²) >= 11 is 5.76. The van der Waals surface area contributed by atoms with E-state index >= 15 is 0 Å². The van der Waals surface area contributed by atoms with Gasteiger partial charge in [0.05, 0.1) is 0 Å². The predicted molar refractivity (Wildman–Crippen MR) is 70.9 cm³/mol. The molecule has 104 valence electrons. The van der Waals surface area contributed by atoms with E-state index in [4.69, 9.17) is 16.0 Å². The molecule has 7 heteroatoms. The summed E-state index contributed by atoms with van der Waals surface area (Å²) in [5.74, 6) is 0.354. The lowest BCUT2D eigenvalue weighted by atomic mass is 10.2. The van der Waals surface area contributed by atoms with Crippen LogP contribution in [0.4, 0.5) is 10.4 Å². The maximum Gasteiger partial charge on any atom is 0.325 e. The van der Waals surface area contributed by atoms with Gasteiger partial charge in [0.15, 0.2) is 0 Å². The zero-order valence-electron chi connectivity index (χ0n) is 10.4. The van der Waals surface area contributed by atoms with Gasteiger partial charge in [0.25, 0.3) is 0 Å². The van der Waals surface area contributed by atoms with Crippen LogP contribution in [0, 0.1) is 11.7 Å². The quantitative estimate of drug-likeness (QED) is 0.816. The summed E-state index contributed by atoms with van der Waals surface area (Å²) < 4.78 is 18.3. The van der Waals surface area contributed by atoms with E-state index in [1.165, 1.54) is 17.0 Å². The highest BCUT2D eigenvalue weighted by Crippen LogP contribution is 2.27. The van der Waals surface area contributed by atoms with Crippen molar-refractivity contribution < 1.29 is 13.6 Å². The van der Waals surface area contributed by atoms with Crippen LogP contribution in [0.15, 0.2) is 28.7 Å². The molecule has 1 amide bonds. The van der Waals surface area contributed by atoms with Crippen LogP contribution in [0.1, 0.15) is 6.42 Å². The van der Waals surface area contributed by atoms with E-state index in [-0.39, 0.29) is 29.5 Å². The lowest BCUT2D eigenvalue weighted by Crippen LogP contribution is -2.24. The molecule has 1 aromatic carbocycles. The first-order valence-corrected chi connectivity index (χ1v) is 6.66. The first-order valence-electron chi connectivity index (χ1n) is 6.13. The van der Waals surface area contributed by atoms with Gasteiger partial charge in [0, 0.05) is 24.4 Å². The number of rotatable bonds is 3. The number of hydrogen-bond acceptors (Lipinski definition) is 4. The third-order valence-electron chi connectivity index (χ3n) is 3.16. The zero-order valence-corrected chi connectivity index (χ0v) is 11.2. The fourth-order valence-electron chi connectivity index (χ4n) is 2.10. The van der Waals surface area contributed by atoms with Crippen LogP contribution >= 0.6 is 11.6 Å². The molecule has 1 saturated heterocycles. The van der Waals surface area contributed by atoms with Crippen molar-refractivity contribution in [1.29, 1.82) is 0 Å². The number of halogens is 2. The largest absolute Gasteiger partial charge is 0.403 e. The summed E-state index contributed by atoms with van der Waals surface area (Å²) in [6.45, 7) is 0.480. The van der Waals surface area contributed by atoms with Crippen molar-refractivity contribution in [3.8, 4) is 11.5 Å². The lowest BCUT2D eigenvalue weighted by Gasteiger charge is -2.09. The molecule has 5 nitrogen and oxygen atoms in total. The number of benzene rings is 1. The van der Waals surface area contributed by atoms with E-state index in [1.54, 1.807) is 12.1 Å². The average molecular weight is 296 g/mol. The van der Waals surface area contributed by atoms with Gasteiger partial charge in [-0.3, -0.25) is 9.69 Å². The average Bonchev–Trinajstić information content (AvgIpc) is 3.06. The van der Waals surface area contributed by atoms with Gasteiger partial charge in [0.2, 0.25) is 11.8 Å². The van der Waals surface area contributed by atoms with Crippen molar-refractivity contribution in [2.75, 3.05) is 17.3 Å². The highest BCUT2D eigenvalue weighted by molar-refractivity contribution is 6.18. The lowest BCUT2D eigenvalue weighted by molar-refractivity contribution is -0.117. The maximum absolute atomic E-state index is 12.9.